The molecule has 0 radical (unpaired) electrons. The standard InChI is InChI=1S/C15H18N2O4S2/c1-11(17-23(19,20)14-7-4-8-22-14)15(18)16-10-12-5-3-6-13(9-12)21-2/h3-9,11,17H,10H2,1-2H3,(H,16,18). The second-order valence-corrected chi connectivity index (χ2v) is 7.73. The average Bonchev–Trinajstić information content (AvgIpc) is 3.07. The Bertz CT molecular complexity index is 758. The van der Waals surface area contributed by atoms with Gasteiger partial charge in [-0.1, -0.05) is 18.2 Å². The van der Waals surface area contributed by atoms with Crippen LogP contribution >= 0.6 is 11.3 Å². The Kier molecular flexibility index (Phi) is 5.75. The predicted molar refractivity (Wildman–Crippen MR) is 88.9 cm³/mol. The first-order chi connectivity index (χ1) is 10.9. The van der Waals surface area contributed by atoms with Crippen LogP contribution in [0.5, 0.6) is 5.75 Å². The van der Waals surface area contributed by atoms with Crippen LogP contribution in [0.3, 0.4) is 0 Å². The smallest absolute Gasteiger partial charge is 0.250 e. The van der Waals surface area contributed by atoms with E-state index in [-0.39, 0.29) is 4.21 Å². The fraction of sp³-hybridized carbons (Fsp3) is 0.267. The van der Waals surface area contributed by atoms with Crippen molar-refractivity contribution in [3.63, 3.8) is 0 Å². The van der Waals surface area contributed by atoms with Crippen molar-refractivity contribution >= 4 is 27.3 Å². The highest BCUT2D eigenvalue weighted by atomic mass is 32.2. The fourth-order valence-electron chi connectivity index (χ4n) is 1.89. The highest BCUT2D eigenvalue weighted by molar-refractivity contribution is 7.91. The third kappa shape index (κ3) is 4.78. The summed E-state index contributed by atoms with van der Waals surface area (Å²) in [5, 5.41) is 4.37. The minimum atomic E-state index is -3.67. The summed E-state index contributed by atoms with van der Waals surface area (Å²) in [6, 6.07) is 9.56. The fourth-order valence-corrected chi connectivity index (χ4v) is 4.10. The number of nitrogens with one attached hydrogen (secondary N) is 2. The minimum absolute atomic E-state index is 0.185. The molecule has 0 fully saturated rings. The molecule has 23 heavy (non-hydrogen) atoms. The zero-order valence-electron chi connectivity index (χ0n) is 12.8. The van der Waals surface area contributed by atoms with Crippen molar-refractivity contribution in [2.24, 2.45) is 0 Å². The van der Waals surface area contributed by atoms with Gasteiger partial charge in [-0.2, -0.15) is 4.72 Å². The van der Waals surface area contributed by atoms with Crippen LogP contribution in [0.15, 0.2) is 46.0 Å². The van der Waals surface area contributed by atoms with Crippen molar-refractivity contribution in [2.45, 2.75) is 23.7 Å². The molecule has 0 saturated heterocycles. The van der Waals surface area contributed by atoms with Crippen molar-refractivity contribution in [3.05, 3.63) is 47.3 Å². The molecule has 0 aliphatic carbocycles. The molecule has 0 bridgehead atoms. The Balaban J connectivity index is 1.92. The van der Waals surface area contributed by atoms with E-state index >= 15 is 0 Å². The number of carbonyl (C=O) groups is 1. The highest BCUT2D eigenvalue weighted by Crippen LogP contribution is 2.16. The van der Waals surface area contributed by atoms with Crippen LogP contribution in [0.4, 0.5) is 0 Å². The van der Waals surface area contributed by atoms with Crippen LogP contribution in [-0.4, -0.2) is 27.5 Å². The Morgan fingerprint density at radius 1 is 1.30 bits per heavy atom. The maximum Gasteiger partial charge on any atom is 0.250 e. The van der Waals surface area contributed by atoms with Gasteiger partial charge in [0.05, 0.1) is 13.2 Å². The van der Waals surface area contributed by atoms with Gasteiger partial charge in [0.1, 0.15) is 9.96 Å². The Morgan fingerprint density at radius 2 is 2.09 bits per heavy atom. The number of sulfonamides is 1. The van der Waals surface area contributed by atoms with Crippen molar-refractivity contribution in [3.8, 4) is 5.75 Å². The van der Waals surface area contributed by atoms with Crippen molar-refractivity contribution in [1.82, 2.24) is 10.0 Å². The van der Waals surface area contributed by atoms with Crippen molar-refractivity contribution < 1.29 is 17.9 Å². The number of carbonyl (C=O) groups excluding carboxylic acids is 1. The maximum atomic E-state index is 12.1. The topological polar surface area (TPSA) is 84.5 Å². The first-order valence-electron chi connectivity index (χ1n) is 6.89. The largest absolute Gasteiger partial charge is 0.497 e. The van der Waals surface area contributed by atoms with E-state index in [4.69, 9.17) is 4.74 Å². The molecule has 2 rings (SSSR count). The van der Waals surface area contributed by atoms with Crippen LogP contribution < -0.4 is 14.8 Å². The zero-order valence-corrected chi connectivity index (χ0v) is 14.4. The van der Waals surface area contributed by atoms with E-state index in [2.05, 4.69) is 10.0 Å². The van der Waals surface area contributed by atoms with Gasteiger partial charge in [-0.15, -0.1) is 11.3 Å². The molecule has 124 valence electrons. The molecule has 2 N–H and O–H groups in total. The average molecular weight is 354 g/mol. The van der Waals surface area contributed by atoms with Gasteiger partial charge < -0.3 is 10.1 Å². The van der Waals surface area contributed by atoms with Crippen molar-refractivity contribution in [1.29, 1.82) is 0 Å². The van der Waals surface area contributed by atoms with E-state index in [0.717, 1.165) is 16.9 Å². The van der Waals surface area contributed by atoms with Gasteiger partial charge in [0.2, 0.25) is 5.91 Å². The number of hydrogen-bond donors (Lipinski definition) is 2. The summed E-state index contributed by atoms with van der Waals surface area (Å²) >= 11 is 1.10. The number of rotatable bonds is 7. The molecule has 0 aliphatic heterocycles. The molecular formula is C15H18N2O4S2. The van der Waals surface area contributed by atoms with Crippen LogP contribution in [0.1, 0.15) is 12.5 Å². The molecule has 1 aromatic carbocycles. The van der Waals surface area contributed by atoms with Gasteiger partial charge in [-0.3, -0.25) is 4.79 Å². The van der Waals surface area contributed by atoms with Crippen LogP contribution in [-0.2, 0) is 21.4 Å². The number of benzene rings is 1. The SMILES string of the molecule is COc1cccc(CNC(=O)C(C)NS(=O)(=O)c2cccs2)c1. The summed E-state index contributed by atoms with van der Waals surface area (Å²) in [5.41, 5.74) is 0.867. The van der Waals surface area contributed by atoms with Gasteiger partial charge in [0.15, 0.2) is 0 Å². The normalized spacial score (nSPS) is 12.6. The lowest BCUT2D eigenvalue weighted by molar-refractivity contribution is -0.122. The van der Waals surface area contributed by atoms with Crippen LogP contribution in [0.2, 0.25) is 0 Å². The summed E-state index contributed by atoms with van der Waals surface area (Å²) in [4.78, 5) is 12.1. The van der Waals surface area contributed by atoms with Gasteiger partial charge in [0.25, 0.3) is 10.0 Å². The van der Waals surface area contributed by atoms with E-state index in [9.17, 15) is 13.2 Å². The molecule has 1 heterocycles. The van der Waals surface area contributed by atoms with E-state index < -0.39 is 22.0 Å². The monoisotopic (exact) mass is 354 g/mol. The summed E-state index contributed by atoms with van der Waals surface area (Å²) in [7, 11) is -2.10. The van der Waals surface area contributed by atoms with Gasteiger partial charge in [-0.05, 0) is 36.1 Å². The minimum Gasteiger partial charge on any atom is -0.497 e. The molecule has 8 heteroatoms. The number of thiophene rings is 1. The molecule has 6 nitrogen and oxygen atoms in total. The maximum absolute atomic E-state index is 12.1. The summed E-state index contributed by atoms with van der Waals surface area (Å²) in [6.45, 7) is 1.80. The Morgan fingerprint density at radius 3 is 2.74 bits per heavy atom. The third-order valence-corrected chi connectivity index (χ3v) is 6.02. The van der Waals surface area contributed by atoms with E-state index in [1.54, 1.807) is 24.6 Å². The molecule has 0 aliphatic rings. The lowest BCUT2D eigenvalue weighted by atomic mass is 10.2. The number of amides is 1. The summed E-state index contributed by atoms with van der Waals surface area (Å²) < 4.78 is 31.8. The molecule has 1 unspecified atom stereocenters. The van der Waals surface area contributed by atoms with Gasteiger partial charge in [-0.25, -0.2) is 8.42 Å². The Hall–Kier alpha value is -1.90. The molecule has 1 atom stereocenters. The van der Waals surface area contributed by atoms with E-state index in [1.807, 2.05) is 18.2 Å². The Labute approximate surface area is 139 Å². The van der Waals surface area contributed by atoms with Crippen LogP contribution in [0, 0.1) is 0 Å². The predicted octanol–water partition coefficient (Wildman–Crippen LogP) is 1.74. The zero-order chi connectivity index (χ0) is 16.9. The summed E-state index contributed by atoms with van der Waals surface area (Å²) in [5.74, 6) is 0.302. The lowest BCUT2D eigenvalue weighted by Crippen LogP contribution is -2.44. The molecule has 2 aromatic rings. The quantitative estimate of drug-likeness (QED) is 0.793. The second-order valence-electron chi connectivity index (χ2n) is 4.84. The molecule has 1 amide bonds. The second kappa shape index (κ2) is 7.58. The number of hydrogen-bond acceptors (Lipinski definition) is 5. The number of methoxy groups -OCH3 is 1. The van der Waals surface area contributed by atoms with Crippen molar-refractivity contribution in [2.75, 3.05) is 7.11 Å². The third-order valence-electron chi connectivity index (χ3n) is 3.09. The highest BCUT2D eigenvalue weighted by Gasteiger charge is 2.22. The lowest BCUT2D eigenvalue weighted by Gasteiger charge is -2.14. The molecule has 0 spiro atoms. The number of ether oxygens (including phenoxy) is 1. The van der Waals surface area contributed by atoms with E-state index in [1.165, 1.54) is 13.0 Å². The van der Waals surface area contributed by atoms with Crippen LogP contribution in [0.25, 0.3) is 0 Å². The first-order valence-corrected chi connectivity index (χ1v) is 9.25. The molecule has 1 aromatic heterocycles. The van der Waals surface area contributed by atoms with Gasteiger partial charge in [0, 0.05) is 6.54 Å². The molecular weight excluding hydrogens is 336 g/mol. The van der Waals surface area contributed by atoms with E-state index in [0.29, 0.717) is 12.3 Å². The van der Waals surface area contributed by atoms with Gasteiger partial charge >= 0.3 is 0 Å². The first kappa shape index (κ1) is 17.5. The molecule has 0 saturated carbocycles. The summed E-state index contributed by atoms with van der Waals surface area (Å²) in [6.07, 6.45) is 0.